The summed E-state index contributed by atoms with van der Waals surface area (Å²) in [6.45, 7) is 0. The summed E-state index contributed by atoms with van der Waals surface area (Å²) < 4.78 is 19.2. The van der Waals surface area contributed by atoms with Crippen LogP contribution in [0.25, 0.3) is 22.9 Å². The molecule has 0 saturated heterocycles. The van der Waals surface area contributed by atoms with Gasteiger partial charge in [-0.05, 0) is 30.3 Å². The number of nitrogens with zero attached hydrogens (tertiary/aromatic N) is 2. The molecule has 0 amide bonds. The number of nitrogens with two attached hydrogens (primary N) is 1. The normalized spacial score (nSPS) is 10.6. The molecule has 0 aliphatic heterocycles. The van der Waals surface area contributed by atoms with Crippen LogP contribution in [0, 0.1) is 5.82 Å². The van der Waals surface area contributed by atoms with E-state index in [-0.39, 0.29) is 11.5 Å². The number of anilines is 1. The summed E-state index contributed by atoms with van der Waals surface area (Å²) in [6, 6.07) is 13.5. The molecule has 0 atom stereocenters. The second-order valence-electron chi connectivity index (χ2n) is 4.02. The number of nitrogen functional groups attached to an aromatic ring is 1. The van der Waals surface area contributed by atoms with Crippen LogP contribution in [0.2, 0.25) is 0 Å². The second-order valence-corrected chi connectivity index (χ2v) is 4.02. The first-order valence-electron chi connectivity index (χ1n) is 5.68. The lowest BCUT2D eigenvalue weighted by Crippen LogP contribution is -1.89. The van der Waals surface area contributed by atoms with Crippen molar-refractivity contribution in [3.63, 3.8) is 0 Å². The average Bonchev–Trinajstić information content (AvgIpc) is 2.92. The van der Waals surface area contributed by atoms with Crippen LogP contribution in [-0.2, 0) is 0 Å². The van der Waals surface area contributed by atoms with Crippen molar-refractivity contribution in [2.45, 2.75) is 0 Å². The van der Waals surface area contributed by atoms with Crippen LogP contribution in [0.5, 0.6) is 0 Å². The maximum Gasteiger partial charge on any atom is 0.251 e. The molecule has 0 fully saturated rings. The Bertz CT molecular complexity index is 710. The fourth-order valence-corrected chi connectivity index (χ4v) is 1.74. The molecule has 0 aliphatic carbocycles. The topological polar surface area (TPSA) is 64.9 Å². The fraction of sp³-hybridized carbons (Fsp3) is 0. The van der Waals surface area contributed by atoms with E-state index in [1.54, 1.807) is 0 Å². The van der Waals surface area contributed by atoms with Gasteiger partial charge in [-0.15, -0.1) is 10.2 Å². The molecular weight excluding hydrogens is 245 g/mol. The molecule has 1 aromatic heterocycles. The Hall–Kier alpha value is -2.69. The van der Waals surface area contributed by atoms with E-state index in [0.29, 0.717) is 11.6 Å². The molecule has 3 aromatic rings. The van der Waals surface area contributed by atoms with Gasteiger partial charge in [-0.25, -0.2) is 4.39 Å². The maximum atomic E-state index is 13.7. The van der Waals surface area contributed by atoms with Gasteiger partial charge >= 0.3 is 0 Å². The Morgan fingerprint density at radius 1 is 0.947 bits per heavy atom. The summed E-state index contributed by atoms with van der Waals surface area (Å²) in [7, 11) is 0. The van der Waals surface area contributed by atoms with Crippen LogP contribution < -0.4 is 5.73 Å². The number of aromatic nitrogens is 2. The molecule has 0 unspecified atom stereocenters. The minimum atomic E-state index is -0.447. The number of rotatable bonds is 2. The van der Waals surface area contributed by atoms with Gasteiger partial charge in [0, 0.05) is 11.3 Å². The first-order valence-corrected chi connectivity index (χ1v) is 5.68. The number of benzene rings is 2. The van der Waals surface area contributed by atoms with Gasteiger partial charge in [-0.2, -0.15) is 0 Å². The van der Waals surface area contributed by atoms with Crippen LogP contribution in [0.1, 0.15) is 0 Å². The van der Waals surface area contributed by atoms with Crippen LogP contribution in [0.3, 0.4) is 0 Å². The summed E-state index contributed by atoms with van der Waals surface area (Å²) in [5, 5.41) is 7.76. The molecule has 3 rings (SSSR count). The molecule has 0 radical (unpaired) electrons. The molecule has 2 N–H and O–H groups in total. The van der Waals surface area contributed by atoms with Crippen molar-refractivity contribution >= 4 is 5.69 Å². The minimum absolute atomic E-state index is 0.114. The zero-order valence-corrected chi connectivity index (χ0v) is 9.88. The fourth-order valence-electron chi connectivity index (χ4n) is 1.74. The Balaban J connectivity index is 2.04. The van der Waals surface area contributed by atoms with E-state index in [1.165, 1.54) is 18.2 Å². The standard InChI is InChI=1S/C14H10FN3O/c15-12-7-6-10(16)8-11(12)14-18-17-13(19-14)9-4-2-1-3-5-9/h1-8H,16H2. The van der Waals surface area contributed by atoms with Crippen molar-refractivity contribution < 1.29 is 8.81 Å². The molecular formula is C14H10FN3O. The largest absolute Gasteiger partial charge is 0.416 e. The molecule has 19 heavy (non-hydrogen) atoms. The molecule has 0 aliphatic rings. The zero-order valence-electron chi connectivity index (χ0n) is 9.88. The van der Waals surface area contributed by atoms with Crippen molar-refractivity contribution in [2.24, 2.45) is 0 Å². The predicted molar refractivity (Wildman–Crippen MR) is 69.5 cm³/mol. The number of halogens is 1. The monoisotopic (exact) mass is 255 g/mol. The summed E-state index contributed by atoms with van der Waals surface area (Å²) in [5.74, 6) is 0.0125. The maximum absolute atomic E-state index is 13.7. The molecule has 5 heteroatoms. The van der Waals surface area contributed by atoms with Gasteiger partial charge in [-0.3, -0.25) is 0 Å². The molecule has 2 aromatic carbocycles. The van der Waals surface area contributed by atoms with Gasteiger partial charge in [0.05, 0.1) is 5.56 Å². The van der Waals surface area contributed by atoms with Crippen molar-refractivity contribution in [3.05, 3.63) is 54.3 Å². The van der Waals surface area contributed by atoms with E-state index in [1.807, 2.05) is 30.3 Å². The Morgan fingerprint density at radius 3 is 2.47 bits per heavy atom. The third-order valence-electron chi connectivity index (χ3n) is 2.67. The van der Waals surface area contributed by atoms with Crippen LogP contribution >= 0.6 is 0 Å². The highest BCUT2D eigenvalue weighted by atomic mass is 19.1. The molecule has 0 saturated carbocycles. The second kappa shape index (κ2) is 4.53. The van der Waals surface area contributed by atoms with Crippen molar-refractivity contribution in [3.8, 4) is 22.9 Å². The van der Waals surface area contributed by atoms with Gasteiger partial charge in [0.25, 0.3) is 5.89 Å². The van der Waals surface area contributed by atoms with Crippen LogP contribution in [-0.4, -0.2) is 10.2 Å². The number of hydrogen-bond acceptors (Lipinski definition) is 4. The van der Waals surface area contributed by atoms with Gasteiger partial charge < -0.3 is 10.2 Å². The van der Waals surface area contributed by atoms with Crippen molar-refractivity contribution in [1.82, 2.24) is 10.2 Å². The minimum Gasteiger partial charge on any atom is -0.416 e. The highest BCUT2D eigenvalue weighted by molar-refractivity contribution is 5.62. The van der Waals surface area contributed by atoms with E-state index in [4.69, 9.17) is 10.2 Å². The predicted octanol–water partition coefficient (Wildman–Crippen LogP) is 3.12. The van der Waals surface area contributed by atoms with Crippen molar-refractivity contribution in [1.29, 1.82) is 0 Å². The first kappa shape index (κ1) is 11.4. The summed E-state index contributed by atoms with van der Waals surface area (Å²) in [5.41, 5.74) is 7.05. The van der Waals surface area contributed by atoms with Gasteiger partial charge in [-0.1, -0.05) is 18.2 Å². The average molecular weight is 255 g/mol. The van der Waals surface area contributed by atoms with Crippen LogP contribution in [0.15, 0.2) is 52.9 Å². The summed E-state index contributed by atoms with van der Waals surface area (Å²) in [6.07, 6.45) is 0. The van der Waals surface area contributed by atoms with E-state index in [0.717, 1.165) is 5.56 Å². The molecule has 0 spiro atoms. The Labute approximate surface area is 108 Å². The number of hydrogen-bond donors (Lipinski definition) is 1. The highest BCUT2D eigenvalue weighted by Crippen LogP contribution is 2.26. The Kier molecular flexibility index (Phi) is 2.72. The third kappa shape index (κ3) is 2.18. The van der Waals surface area contributed by atoms with E-state index in [2.05, 4.69) is 10.2 Å². The third-order valence-corrected chi connectivity index (χ3v) is 2.67. The Morgan fingerprint density at radius 2 is 1.68 bits per heavy atom. The molecule has 4 nitrogen and oxygen atoms in total. The molecule has 94 valence electrons. The van der Waals surface area contributed by atoms with Gasteiger partial charge in [0.15, 0.2) is 0 Å². The lowest BCUT2D eigenvalue weighted by atomic mass is 10.2. The lowest BCUT2D eigenvalue weighted by molar-refractivity contribution is 0.571. The molecule has 0 bridgehead atoms. The highest BCUT2D eigenvalue weighted by Gasteiger charge is 2.14. The van der Waals surface area contributed by atoms with E-state index < -0.39 is 5.82 Å². The first-order chi connectivity index (χ1) is 9.24. The van der Waals surface area contributed by atoms with Crippen LogP contribution in [0.4, 0.5) is 10.1 Å². The van der Waals surface area contributed by atoms with E-state index in [9.17, 15) is 4.39 Å². The lowest BCUT2D eigenvalue weighted by Gasteiger charge is -1.99. The van der Waals surface area contributed by atoms with Gasteiger partial charge in [0.1, 0.15) is 5.82 Å². The van der Waals surface area contributed by atoms with E-state index >= 15 is 0 Å². The smallest absolute Gasteiger partial charge is 0.251 e. The van der Waals surface area contributed by atoms with Crippen molar-refractivity contribution in [2.75, 3.05) is 5.73 Å². The summed E-state index contributed by atoms with van der Waals surface area (Å²) in [4.78, 5) is 0. The summed E-state index contributed by atoms with van der Waals surface area (Å²) >= 11 is 0. The van der Waals surface area contributed by atoms with Gasteiger partial charge in [0.2, 0.25) is 5.89 Å². The molecule has 1 heterocycles. The zero-order chi connectivity index (χ0) is 13.2. The quantitative estimate of drug-likeness (QED) is 0.714. The SMILES string of the molecule is Nc1ccc(F)c(-c2nnc(-c3ccccc3)o2)c1.